The van der Waals surface area contributed by atoms with E-state index in [2.05, 4.69) is 32.2 Å². The number of rotatable bonds is 5. The lowest BCUT2D eigenvalue weighted by Gasteiger charge is -2.21. The lowest BCUT2D eigenvalue weighted by molar-refractivity contribution is 0.400. The summed E-state index contributed by atoms with van der Waals surface area (Å²) in [7, 11) is 1.73. The average molecular weight is 248 g/mol. The fourth-order valence-electron chi connectivity index (χ4n) is 2.48. The number of aryl methyl sites for hydroxylation is 2. The molecule has 3 heteroatoms. The Hall–Kier alpha value is -1.06. The first-order valence-electron chi connectivity index (χ1n) is 6.68. The van der Waals surface area contributed by atoms with Gasteiger partial charge in [-0.15, -0.1) is 0 Å². The highest BCUT2D eigenvalue weighted by Crippen LogP contribution is 2.33. The van der Waals surface area contributed by atoms with E-state index >= 15 is 0 Å². The number of nitrogens with two attached hydrogens (primary N) is 1. The van der Waals surface area contributed by atoms with Gasteiger partial charge < -0.3 is 15.8 Å². The van der Waals surface area contributed by atoms with Crippen molar-refractivity contribution in [3.8, 4) is 5.75 Å². The number of methoxy groups -OCH3 is 1. The summed E-state index contributed by atoms with van der Waals surface area (Å²) in [6.45, 7) is 7.15. The van der Waals surface area contributed by atoms with E-state index in [4.69, 9.17) is 10.5 Å². The SMILES string of the molecule is COc1c(C)c(C)cc(C)c1C(N)CNC1CC1. The molecule has 2 rings (SSSR count). The number of hydrogen-bond acceptors (Lipinski definition) is 3. The van der Waals surface area contributed by atoms with Crippen LogP contribution in [0.2, 0.25) is 0 Å². The number of hydrogen-bond donors (Lipinski definition) is 2. The molecule has 1 saturated carbocycles. The Kier molecular flexibility index (Phi) is 3.93. The topological polar surface area (TPSA) is 47.3 Å². The van der Waals surface area contributed by atoms with E-state index in [0.717, 1.165) is 17.9 Å². The van der Waals surface area contributed by atoms with Gasteiger partial charge in [-0.05, 0) is 50.3 Å². The van der Waals surface area contributed by atoms with Crippen molar-refractivity contribution in [2.24, 2.45) is 5.73 Å². The van der Waals surface area contributed by atoms with Crippen LogP contribution in [0.3, 0.4) is 0 Å². The van der Waals surface area contributed by atoms with Gasteiger partial charge in [0.2, 0.25) is 0 Å². The van der Waals surface area contributed by atoms with Crippen LogP contribution in [0.5, 0.6) is 5.75 Å². The molecular formula is C15H24N2O. The molecule has 1 aliphatic carbocycles. The molecule has 0 radical (unpaired) electrons. The molecule has 1 aromatic carbocycles. The van der Waals surface area contributed by atoms with Crippen molar-refractivity contribution >= 4 is 0 Å². The molecule has 1 aromatic rings. The molecule has 0 saturated heterocycles. The van der Waals surface area contributed by atoms with Gasteiger partial charge in [0.25, 0.3) is 0 Å². The highest BCUT2D eigenvalue weighted by molar-refractivity contribution is 5.51. The van der Waals surface area contributed by atoms with E-state index in [9.17, 15) is 0 Å². The van der Waals surface area contributed by atoms with Crippen LogP contribution in [-0.2, 0) is 0 Å². The van der Waals surface area contributed by atoms with Crippen LogP contribution in [0.25, 0.3) is 0 Å². The second-order valence-electron chi connectivity index (χ2n) is 5.37. The summed E-state index contributed by atoms with van der Waals surface area (Å²) in [5.74, 6) is 0.956. The minimum atomic E-state index is -0.000139. The maximum absolute atomic E-state index is 6.32. The normalized spacial score (nSPS) is 16.7. The van der Waals surface area contributed by atoms with Gasteiger partial charge in [0.05, 0.1) is 7.11 Å². The molecule has 1 unspecified atom stereocenters. The zero-order chi connectivity index (χ0) is 13.3. The molecule has 18 heavy (non-hydrogen) atoms. The number of benzene rings is 1. The van der Waals surface area contributed by atoms with Crippen molar-refractivity contribution in [2.45, 2.75) is 45.7 Å². The predicted octanol–water partition coefficient (Wildman–Crippen LogP) is 2.37. The minimum Gasteiger partial charge on any atom is -0.496 e. The average Bonchev–Trinajstić information content (AvgIpc) is 3.14. The van der Waals surface area contributed by atoms with Gasteiger partial charge in [0, 0.05) is 24.2 Å². The summed E-state index contributed by atoms with van der Waals surface area (Å²) in [6.07, 6.45) is 2.57. The fraction of sp³-hybridized carbons (Fsp3) is 0.600. The van der Waals surface area contributed by atoms with Crippen LogP contribution in [0.1, 0.15) is 41.1 Å². The van der Waals surface area contributed by atoms with Crippen LogP contribution < -0.4 is 15.8 Å². The Morgan fingerprint density at radius 3 is 2.56 bits per heavy atom. The summed E-state index contributed by atoms with van der Waals surface area (Å²) in [5.41, 5.74) is 11.1. The minimum absolute atomic E-state index is 0.000139. The Balaban J connectivity index is 2.26. The summed E-state index contributed by atoms with van der Waals surface area (Å²) in [4.78, 5) is 0. The smallest absolute Gasteiger partial charge is 0.127 e. The molecule has 0 aliphatic heterocycles. The lowest BCUT2D eigenvalue weighted by atomic mass is 9.94. The van der Waals surface area contributed by atoms with Crippen molar-refractivity contribution in [1.82, 2.24) is 5.32 Å². The fourth-order valence-corrected chi connectivity index (χ4v) is 2.48. The van der Waals surface area contributed by atoms with E-state index in [0.29, 0.717) is 6.04 Å². The molecule has 3 N–H and O–H groups in total. The molecule has 0 amide bonds. The van der Waals surface area contributed by atoms with Crippen molar-refractivity contribution in [1.29, 1.82) is 0 Å². The maximum atomic E-state index is 6.32. The molecule has 0 heterocycles. The molecule has 100 valence electrons. The third-order valence-electron chi connectivity index (χ3n) is 3.81. The van der Waals surface area contributed by atoms with Gasteiger partial charge >= 0.3 is 0 Å². The highest BCUT2D eigenvalue weighted by atomic mass is 16.5. The van der Waals surface area contributed by atoms with Crippen molar-refractivity contribution < 1.29 is 4.74 Å². The number of ether oxygens (including phenoxy) is 1. The van der Waals surface area contributed by atoms with Crippen molar-refractivity contribution in [2.75, 3.05) is 13.7 Å². The molecule has 1 atom stereocenters. The van der Waals surface area contributed by atoms with Gasteiger partial charge in [0.1, 0.15) is 5.75 Å². The second-order valence-corrected chi connectivity index (χ2v) is 5.37. The first-order valence-corrected chi connectivity index (χ1v) is 6.68. The summed E-state index contributed by atoms with van der Waals surface area (Å²) >= 11 is 0. The molecule has 3 nitrogen and oxygen atoms in total. The van der Waals surface area contributed by atoms with Crippen molar-refractivity contribution in [3.05, 3.63) is 28.3 Å². The van der Waals surface area contributed by atoms with Gasteiger partial charge in [0.15, 0.2) is 0 Å². The van der Waals surface area contributed by atoms with Gasteiger partial charge in [-0.2, -0.15) is 0 Å². The first-order chi connectivity index (χ1) is 8.54. The standard InChI is InChI=1S/C15H24N2O/c1-9-7-10(2)14(15(18-4)11(9)3)13(16)8-17-12-5-6-12/h7,12-13,17H,5-6,8,16H2,1-4H3. The number of nitrogens with one attached hydrogen (secondary N) is 1. The van der Waals surface area contributed by atoms with Crippen molar-refractivity contribution in [3.63, 3.8) is 0 Å². The van der Waals surface area contributed by atoms with E-state index in [1.165, 1.54) is 29.5 Å². The van der Waals surface area contributed by atoms with Gasteiger partial charge in [-0.3, -0.25) is 0 Å². The maximum Gasteiger partial charge on any atom is 0.127 e. The van der Waals surface area contributed by atoms with E-state index < -0.39 is 0 Å². The molecule has 0 spiro atoms. The molecular weight excluding hydrogens is 224 g/mol. The van der Waals surface area contributed by atoms with Crippen LogP contribution in [0, 0.1) is 20.8 Å². The monoisotopic (exact) mass is 248 g/mol. The largest absolute Gasteiger partial charge is 0.496 e. The lowest BCUT2D eigenvalue weighted by Crippen LogP contribution is -2.29. The molecule has 0 bridgehead atoms. The van der Waals surface area contributed by atoms with E-state index in [1.54, 1.807) is 7.11 Å². The summed E-state index contributed by atoms with van der Waals surface area (Å²) in [5, 5.41) is 3.49. The first kappa shape index (κ1) is 13.4. The quantitative estimate of drug-likeness (QED) is 0.841. The molecule has 0 aromatic heterocycles. The summed E-state index contributed by atoms with van der Waals surface area (Å²) < 4.78 is 5.57. The summed E-state index contributed by atoms with van der Waals surface area (Å²) in [6, 6.07) is 2.89. The van der Waals surface area contributed by atoms with Crippen LogP contribution in [-0.4, -0.2) is 19.7 Å². The molecule has 1 aliphatic rings. The van der Waals surface area contributed by atoms with Crippen LogP contribution in [0.4, 0.5) is 0 Å². The third kappa shape index (κ3) is 2.68. The van der Waals surface area contributed by atoms with Crippen LogP contribution >= 0.6 is 0 Å². The Morgan fingerprint density at radius 1 is 1.33 bits per heavy atom. The Bertz CT molecular complexity index is 439. The van der Waals surface area contributed by atoms with Crippen LogP contribution in [0.15, 0.2) is 6.07 Å². The Labute approximate surface area is 110 Å². The second kappa shape index (κ2) is 5.29. The van der Waals surface area contributed by atoms with E-state index in [-0.39, 0.29) is 6.04 Å². The predicted molar refractivity (Wildman–Crippen MR) is 75.2 cm³/mol. The van der Waals surface area contributed by atoms with Gasteiger partial charge in [-0.1, -0.05) is 6.07 Å². The van der Waals surface area contributed by atoms with Gasteiger partial charge in [-0.25, -0.2) is 0 Å². The zero-order valence-corrected chi connectivity index (χ0v) is 11.8. The van der Waals surface area contributed by atoms with E-state index in [1.807, 2.05) is 0 Å². The zero-order valence-electron chi connectivity index (χ0n) is 11.8. The Morgan fingerprint density at radius 2 is 2.00 bits per heavy atom. The highest BCUT2D eigenvalue weighted by Gasteiger charge is 2.23. The molecule has 1 fully saturated rings. The third-order valence-corrected chi connectivity index (χ3v) is 3.81.